The van der Waals surface area contributed by atoms with E-state index in [1.807, 2.05) is 32.0 Å². The van der Waals surface area contributed by atoms with Gasteiger partial charge in [-0.15, -0.1) is 0 Å². The average Bonchev–Trinajstić information content (AvgIpc) is 3.32. The van der Waals surface area contributed by atoms with Gasteiger partial charge in [0.15, 0.2) is 5.96 Å². The second kappa shape index (κ2) is 8.93. The maximum absolute atomic E-state index is 10.6. The van der Waals surface area contributed by atoms with Gasteiger partial charge in [-0.25, -0.2) is 9.98 Å². The van der Waals surface area contributed by atoms with Crippen molar-refractivity contribution >= 4 is 17.0 Å². The van der Waals surface area contributed by atoms with Gasteiger partial charge >= 0.3 is 0 Å². The van der Waals surface area contributed by atoms with Gasteiger partial charge in [-0.3, -0.25) is 0 Å². The number of hydrogen-bond donors (Lipinski definition) is 3. The summed E-state index contributed by atoms with van der Waals surface area (Å²) in [6.45, 7) is 8.36. The zero-order valence-electron chi connectivity index (χ0n) is 16.8. The van der Waals surface area contributed by atoms with E-state index in [1.165, 1.54) is 0 Å². The number of nitrogens with zero attached hydrogens (tertiary/aromatic N) is 3. The van der Waals surface area contributed by atoms with Gasteiger partial charge in [-0.05, 0) is 51.5 Å². The van der Waals surface area contributed by atoms with E-state index in [4.69, 9.17) is 4.42 Å². The normalized spacial score (nSPS) is 14.2. The zero-order valence-corrected chi connectivity index (χ0v) is 16.8. The number of benzene rings is 1. The molecule has 7 nitrogen and oxygen atoms in total. The van der Waals surface area contributed by atoms with Crippen LogP contribution in [-0.4, -0.2) is 40.3 Å². The third kappa shape index (κ3) is 4.72. The minimum atomic E-state index is -1.14. The van der Waals surface area contributed by atoms with Gasteiger partial charge < -0.3 is 24.7 Å². The first-order valence-electron chi connectivity index (χ1n) is 9.71. The molecule has 0 fully saturated rings. The molecule has 3 N–H and O–H groups in total. The van der Waals surface area contributed by atoms with Crippen molar-refractivity contribution in [2.45, 2.75) is 39.3 Å². The number of furan rings is 1. The molecule has 2 aromatic heterocycles. The predicted octanol–water partition coefficient (Wildman–Crippen LogP) is 2.79. The van der Waals surface area contributed by atoms with Crippen LogP contribution in [0.4, 0.5) is 0 Å². The van der Waals surface area contributed by atoms with E-state index in [-0.39, 0.29) is 6.54 Å². The van der Waals surface area contributed by atoms with E-state index >= 15 is 0 Å². The number of imidazole rings is 1. The number of aliphatic imine (C=N–C) groups is 1. The van der Waals surface area contributed by atoms with Crippen molar-refractivity contribution in [3.63, 3.8) is 0 Å². The number of hydrogen-bond acceptors (Lipinski definition) is 4. The molecule has 0 amide bonds. The highest BCUT2D eigenvalue weighted by molar-refractivity contribution is 5.79. The lowest BCUT2D eigenvalue weighted by atomic mass is 10.0. The first-order valence-corrected chi connectivity index (χ1v) is 9.71. The van der Waals surface area contributed by atoms with Crippen molar-refractivity contribution < 1.29 is 9.52 Å². The smallest absolute Gasteiger partial charge is 0.191 e. The van der Waals surface area contributed by atoms with Gasteiger partial charge in [-0.2, -0.15) is 0 Å². The predicted molar refractivity (Wildman–Crippen MR) is 111 cm³/mol. The molecule has 0 bridgehead atoms. The summed E-state index contributed by atoms with van der Waals surface area (Å²) in [7, 11) is 0. The lowest BCUT2D eigenvalue weighted by Crippen LogP contribution is -2.39. The highest BCUT2D eigenvalue weighted by Gasteiger charge is 2.26. The molecule has 7 heteroatoms. The fourth-order valence-corrected chi connectivity index (χ4v) is 3.16. The molecule has 0 saturated heterocycles. The van der Waals surface area contributed by atoms with Crippen molar-refractivity contribution in [1.82, 2.24) is 20.2 Å². The lowest BCUT2D eigenvalue weighted by Gasteiger charge is -2.19. The first-order chi connectivity index (χ1) is 13.5. The van der Waals surface area contributed by atoms with Crippen LogP contribution >= 0.6 is 0 Å². The summed E-state index contributed by atoms with van der Waals surface area (Å²) in [5, 5.41) is 17.1. The molecule has 0 radical (unpaired) electrons. The number of nitrogens with one attached hydrogen (secondary N) is 2. The summed E-state index contributed by atoms with van der Waals surface area (Å²) in [5.41, 5.74) is 1.05. The fourth-order valence-electron chi connectivity index (χ4n) is 3.16. The van der Waals surface area contributed by atoms with Gasteiger partial charge in [0.1, 0.15) is 17.2 Å². The third-order valence-corrected chi connectivity index (χ3v) is 4.64. The molecule has 3 rings (SSSR count). The molecular weight excluding hydrogens is 354 g/mol. The molecule has 0 saturated carbocycles. The SMILES string of the molecule is CCNC(=NCC(C)(O)c1ccco1)NCCCn1c(C)nc2ccccc21. The van der Waals surface area contributed by atoms with E-state index in [2.05, 4.69) is 31.2 Å². The Bertz CT molecular complexity index is 912. The highest BCUT2D eigenvalue weighted by atomic mass is 16.4. The van der Waals surface area contributed by atoms with Gasteiger partial charge in [0.25, 0.3) is 0 Å². The fraction of sp³-hybridized carbons (Fsp3) is 0.429. The van der Waals surface area contributed by atoms with Crippen LogP contribution in [0.1, 0.15) is 31.9 Å². The summed E-state index contributed by atoms with van der Waals surface area (Å²) in [6, 6.07) is 11.7. The summed E-state index contributed by atoms with van der Waals surface area (Å²) < 4.78 is 7.55. The van der Waals surface area contributed by atoms with Crippen molar-refractivity contribution in [3.8, 4) is 0 Å². The van der Waals surface area contributed by atoms with Crippen LogP contribution < -0.4 is 10.6 Å². The third-order valence-electron chi connectivity index (χ3n) is 4.64. The van der Waals surface area contributed by atoms with Crippen LogP contribution in [-0.2, 0) is 12.1 Å². The highest BCUT2D eigenvalue weighted by Crippen LogP contribution is 2.21. The van der Waals surface area contributed by atoms with Crippen LogP contribution in [0.15, 0.2) is 52.1 Å². The Morgan fingerprint density at radius 1 is 1.25 bits per heavy atom. The van der Waals surface area contributed by atoms with E-state index in [0.717, 1.165) is 42.9 Å². The number of rotatable bonds is 8. The minimum Gasteiger partial charge on any atom is -0.466 e. The molecule has 3 aromatic rings. The Kier molecular flexibility index (Phi) is 6.36. The molecule has 1 unspecified atom stereocenters. The minimum absolute atomic E-state index is 0.209. The molecule has 0 aliphatic rings. The number of aromatic nitrogens is 2. The van der Waals surface area contributed by atoms with E-state index in [9.17, 15) is 5.11 Å². The second-order valence-corrected chi connectivity index (χ2v) is 7.03. The quantitative estimate of drug-likeness (QED) is 0.316. The van der Waals surface area contributed by atoms with Gasteiger partial charge in [0, 0.05) is 19.6 Å². The summed E-state index contributed by atoms with van der Waals surface area (Å²) in [5.74, 6) is 2.22. The molecule has 1 atom stereocenters. The Morgan fingerprint density at radius 3 is 2.82 bits per heavy atom. The maximum Gasteiger partial charge on any atom is 0.191 e. The largest absolute Gasteiger partial charge is 0.466 e. The molecule has 1 aromatic carbocycles. The van der Waals surface area contributed by atoms with Crippen LogP contribution in [0, 0.1) is 6.92 Å². The molecule has 0 aliphatic heterocycles. The van der Waals surface area contributed by atoms with Crippen LogP contribution in [0.25, 0.3) is 11.0 Å². The van der Waals surface area contributed by atoms with Crippen molar-refractivity contribution in [2.75, 3.05) is 19.6 Å². The molecule has 28 heavy (non-hydrogen) atoms. The van der Waals surface area contributed by atoms with Crippen LogP contribution in [0.5, 0.6) is 0 Å². The maximum atomic E-state index is 10.6. The van der Waals surface area contributed by atoms with Crippen LogP contribution in [0.3, 0.4) is 0 Å². The standard InChI is InChI=1S/C21H29N5O2/c1-4-22-20(24-15-21(3,27)19-11-7-14-28-19)23-12-8-13-26-16(2)25-17-9-5-6-10-18(17)26/h5-7,9-11,14,27H,4,8,12-13,15H2,1-3H3,(H2,22,23,24). The zero-order chi connectivity index (χ0) is 20.0. The number of guanidine groups is 1. The Morgan fingerprint density at radius 2 is 2.07 bits per heavy atom. The number of fused-ring (bicyclic) bond motifs is 1. The van der Waals surface area contributed by atoms with Crippen molar-refractivity contribution in [3.05, 3.63) is 54.2 Å². The lowest BCUT2D eigenvalue weighted by molar-refractivity contribution is 0.0437. The van der Waals surface area contributed by atoms with E-state index in [1.54, 1.807) is 25.3 Å². The number of aliphatic hydroxyl groups is 1. The van der Waals surface area contributed by atoms with Crippen molar-refractivity contribution in [1.29, 1.82) is 0 Å². The summed E-state index contributed by atoms with van der Waals surface area (Å²) in [4.78, 5) is 9.12. The Hall–Kier alpha value is -2.80. The molecule has 0 aliphatic carbocycles. The van der Waals surface area contributed by atoms with Gasteiger partial charge in [0.05, 0.1) is 23.8 Å². The number of aryl methyl sites for hydroxylation is 2. The molecule has 150 valence electrons. The summed E-state index contributed by atoms with van der Waals surface area (Å²) in [6.07, 6.45) is 2.49. The molecule has 0 spiro atoms. The summed E-state index contributed by atoms with van der Waals surface area (Å²) >= 11 is 0. The monoisotopic (exact) mass is 383 g/mol. The molecular formula is C21H29N5O2. The average molecular weight is 383 g/mol. The Balaban J connectivity index is 1.55. The Labute approximate surface area is 165 Å². The number of para-hydroxylation sites is 2. The van der Waals surface area contributed by atoms with Gasteiger partial charge in [-0.1, -0.05) is 12.1 Å². The van der Waals surface area contributed by atoms with Gasteiger partial charge in [0.2, 0.25) is 0 Å². The molecule has 2 heterocycles. The second-order valence-electron chi connectivity index (χ2n) is 7.03. The van der Waals surface area contributed by atoms with E-state index in [0.29, 0.717) is 11.7 Å². The topological polar surface area (TPSA) is 87.6 Å². The van der Waals surface area contributed by atoms with Crippen LogP contribution in [0.2, 0.25) is 0 Å². The van der Waals surface area contributed by atoms with E-state index < -0.39 is 5.60 Å². The van der Waals surface area contributed by atoms with Crippen molar-refractivity contribution in [2.24, 2.45) is 4.99 Å². The first kappa shape index (κ1) is 19.9.